The molecule has 2 saturated carbocycles. The van der Waals surface area contributed by atoms with Crippen molar-refractivity contribution in [2.45, 2.75) is 44.6 Å². The molecule has 2 nitrogen and oxygen atoms in total. The highest BCUT2D eigenvalue weighted by atomic mass is 35.5. The van der Waals surface area contributed by atoms with E-state index in [2.05, 4.69) is 0 Å². The van der Waals surface area contributed by atoms with Crippen molar-refractivity contribution < 1.29 is 13.9 Å². The van der Waals surface area contributed by atoms with Crippen LogP contribution in [0.2, 0.25) is 5.02 Å². The van der Waals surface area contributed by atoms with Crippen LogP contribution in [0, 0.1) is 11.2 Å². The van der Waals surface area contributed by atoms with E-state index < -0.39 is 5.82 Å². The lowest BCUT2D eigenvalue weighted by Crippen LogP contribution is -2.57. The van der Waals surface area contributed by atoms with E-state index in [1.165, 1.54) is 12.5 Å². The summed E-state index contributed by atoms with van der Waals surface area (Å²) in [7, 11) is 0. The molecule has 2 fully saturated rings. The molecule has 1 unspecified atom stereocenters. The van der Waals surface area contributed by atoms with Crippen molar-refractivity contribution >= 4 is 17.4 Å². The van der Waals surface area contributed by atoms with Crippen LogP contribution < -0.4 is 4.74 Å². The molecular weight excluding hydrogens is 267 g/mol. The number of hydrogen-bond acceptors (Lipinski definition) is 2. The smallest absolute Gasteiger partial charge is 0.173 e. The fourth-order valence-corrected chi connectivity index (χ4v) is 3.50. The molecule has 102 valence electrons. The molecule has 2 aliphatic rings. The third-order valence-corrected chi connectivity index (χ3v) is 4.76. The number of carbonyl (C=O) groups is 1. The molecule has 0 bridgehead atoms. The quantitative estimate of drug-likeness (QED) is 0.814. The van der Waals surface area contributed by atoms with E-state index in [-0.39, 0.29) is 28.1 Å². The third kappa shape index (κ3) is 2.04. The second-order valence-electron chi connectivity index (χ2n) is 5.50. The van der Waals surface area contributed by atoms with Crippen LogP contribution in [0.25, 0.3) is 0 Å². The van der Waals surface area contributed by atoms with E-state index in [4.69, 9.17) is 16.3 Å². The van der Waals surface area contributed by atoms with E-state index in [1.54, 1.807) is 12.1 Å². The summed E-state index contributed by atoms with van der Waals surface area (Å²) in [5.41, 5.74) is -0.371. The highest BCUT2D eigenvalue weighted by Crippen LogP contribution is 2.51. The van der Waals surface area contributed by atoms with Gasteiger partial charge in [-0.15, -0.1) is 0 Å². The van der Waals surface area contributed by atoms with Gasteiger partial charge in [0.2, 0.25) is 0 Å². The Morgan fingerprint density at radius 2 is 2.00 bits per heavy atom. The molecule has 0 amide bonds. The molecular formula is C15H16ClFO2. The fourth-order valence-electron chi connectivity index (χ4n) is 3.29. The van der Waals surface area contributed by atoms with E-state index in [0.29, 0.717) is 6.42 Å². The van der Waals surface area contributed by atoms with E-state index in [9.17, 15) is 9.18 Å². The van der Waals surface area contributed by atoms with Gasteiger partial charge in [-0.3, -0.25) is 4.79 Å². The second-order valence-corrected chi connectivity index (χ2v) is 5.91. The third-order valence-electron chi connectivity index (χ3n) is 4.47. The Morgan fingerprint density at radius 3 is 2.63 bits per heavy atom. The molecule has 0 aliphatic heterocycles. The number of rotatable bonds is 2. The largest absolute Gasteiger partial charge is 0.484 e. The van der Waals surface area contributed by atoms with Gasteiger partial charge in [-0.25, -0.2) is 4.39 Å². The molecule has 1 atom stereocenters. The summed E-state index contributed by atoms with van der Waals surface area (Å²) in [4.78, 5) is 12.0. The summed E-state index contributed by atoms with van der Waals surface area (Å²) in [5.74, 6) is -0.103. The van der Waals surface area contributed by atoms with Gasteiger partial charge in [-0.1, -0.05) is 36.9 Å². The predicted octanol–water partition coefficient (Wildman–Crippen LogP) is 4.15. The number of ether oxygens (including phenoxy) is 1. The van der Waals surface area contributed by atoms with E-state index >= 15 is 0 Å². The van der Waals surface area contributed by atoms with Crippen LogP contribution in [-0.4, -0.2) is 11.9 Å². The molecule has 19 heavy (non-hydrogen) atoms. The fraction of sp³-hybridized carbons (Fsp3) is 0.533. The maximum absolute atomic E-state index is 13.7. The first kappa shape index (κ1) is 12.9. The maximum atomic E-state index is 13.7. The Morgan fingerprint density at radius 1 is 1.26 bits per heavy atom. The van der Waals surface area contributed by atoms with Gasteiger partial charge >= 0.3 is 0 Å². The van der Waals surface area contributed by atoms with Crippen molar-refractivity contribution in [3.63, 3.8) is 0 Å². The summed E-state index contributed by atoms with van der Waals surface area (Å²) in [6, 6.07) is 4.48. The SMILES string of the molecule is O=C1CC(Oc2c(F)cccc2Cl)C12CCCCC2. The minimum absolute atomic E-state index is 0.0895. The zero-order chi connectivity index (χ0) is 13.5. The van der Waals surface area contributed by atoms with Crippen LogP contribution in [-0.2, 0) is 4.79 Å². The zero-order valence-corrected chi connectivity index (χ0v) is 11.4. The van der Waals surface area contributed by atoms with Crippen LogP contribution in [0.4, 0.5) is 4.39 Å². The monoisotopic (exact) mass is 282 g/mol. The summed E-state index contributed by atoms with van der Waals surface area (Å²) >= 11 is 5.97. The summed E-state index contributed by atoms with van der Waals surface area (Å²) in [5, 5.41) is 0.269. The van der Waals surface area contributed by atoms with Crippen molar-refractivity contribution in [2.24, 2.45) is 5.41 Å². The molecule has 1 aromatic rings. The van der Waals surface area contributed by atoms with E-state index in [1.807, 2.05) is 0 Å². The molecule has 0 aromatic heterocycles. The average molecular weight is 283 g/mol. The molecule has 2 aliphatic carbocycles. The van der Waals surface area contributed by atoms with Crippen molar-refractivity contribution in [1.29, 1.82) is 0 Å². The molecule has 1 spiro atoms. The number of halogens is 2. The number of ketones is 1. The van der Waals surface area contributed by atoms with Crippen LogP contribution in [0.3, 0.4) is 0 Å². The van der Waals surface area contributed by atoms with Gasteiger partial charge in [0.1, 0.15) is 11.9 Å². The van der Waals surface area contributed by atoms with Crippen LogP contribution in [0.1, 0.15) is 38.5 Å². The Kier molecular flexibility index (Phi) is 3.25. The minimum atomic E-state index is -0.460. The second kappa shape index (κ2) is 4.78. The number of para-hydroxylation sites is 1. The number of benzene rings is 1. The molecule has 3 rings (SSSR count). The molecule has 1 aromatic carbocycles. The Labute approximate surface area is 116 Å². The zero-order valence-electron chi connectivity index (χ0n) is 10.6. The van der Waals surface area contributed by atoms with Crippen LogP contribution >= 0.6 is 11.6 Å². The van der Waals surface area contributed by atoms with Gasteiger partial charge in [-0.05, 0) is 25.0 Å². The van der Waals surface area contributed by atoms with Gasteiger partial charge < -0.3 is 4.74 Å². The first-order chi connectivity index (χ1) is 9.13. The Bertz CT molecular complexity index is 489. The molecule has 4 heteroatoms. The standard InChI is InChI=1S/C15H16ClFO2/c16-10-5-4-6-11(17)14(10)19-13-9-12(18)15(13)7-2-1-3-8-15/h4-6,13H,1-3,7-9H2. The highest BCUT2D eigenvalue weighted by Gasteiger charge is 2.56. The van der Waals surface area contributed by atoms with Crippen LogP contribution in [0.5, 0.6) is 5.75 Å². The number of carbonyl (C=O) groups excluding carboxylic acids is 1. The highest BCUT2D eigenvalue weighted by molar-refractivity contribution is 6.32. The first-order valence-corrected chi connectivity index (χ1v) is 7.15. The predicted molar refractivity (Wildman–Crippen MR) is 71.0 cm³/mol. The molecule has 0 heterocycles. The topological polar surface area (TPSA) is 26.3 Å². The molecule has 0 N–H and O–H groups in total. The van der Waals surface area contributed by atoms with Gasteiger partial charge in [0.05, 0.1) is 10.4 Å². The van der Waals surface area contributed by atoms with Gasteiger partial charge in [-0.2, -0.15) is 0 Å². The lowest BCUT2D eigenvalue weighted by molar-refractivity contribution is -0.156. The first-order valence-electron chi connectivity index (χ1n) is 6.77. The normalized spacial score (nSPS) is 25.2. The van der Waals surface area contributed by atoms with Crippen molar-refractivity contribution in [3.8, 4) is 5.75 Å². The van der Waals surface area contributed by atoms with Crippen molar-refractivity contribution in [1.82, 2.24) is 0 Å². The summed E-state index contributed by atoms with van der Waals surface area (Å²) in [6.45, 7) is 0. The minimum Gasteiger partial charge on any atom is -0.484 e. The molecule has 0 radical (unpaired) electrons. The Hall–Kier alpha value is -1.09. The van der Waals surface area contributed by atoms with Crippen molar-refractivity contribution in [2.75, 3.05) is 0 Å². The lowest BCUT2D eigenvalue weighted by Gasteiger charge is -2.49. The lowest BCUT2D eigenvalue weighted by atomic mass is 9.57. The Balaban J connectivity index is 1.82. The van der Waals surface area contributed by atoms with Crippen LogP contribution in [0.15, 0.2) is 18.2 Å². The van der Waals surface area contributed by atoms with Crippen molar-refractivity contribution in [3.05, 3.63) is 29.0 Å². The number of hydrogen-bond donors (Lipinski definition) is 0. The summed E-state index contributed by atoms with van der Waals surface area (Å²) in [6.07, 6.45) is 5.17. The van der Waals surface area contributed by atoms with Gasteiger partial charge in [0.25, 0.3) is 0 Å². The maximum Gasteiger partial charge on any atom is 0.173 e. The van der Waals surface area contributed by atoms with Gasteiger partial charge in [0, 0.05) is 6.42 Å². The summed E-state index contributed by atoms with van der Waals surface area (Å²) < 4.78 is 19.5. The van der Waals surface area contributed by atoms with E-state index in [0.717, 1.165) is 25.7 Å². The number of Topliss-reactive ketones (excluding diaryl/α,β-unsaturated/α-hetero) is 1. The molecule has 0 saturated heterocycles. The average Bonchev–Trinajstić information content (AvgIpc) is 2.43. The van der Waals surface area contributed by atoms with Gasteiger partial charge in [0.15, 0.2) is 11.6 Å².